The number of amides is 1. The van der Waals surface area contributed by atoms with Gasteiger partial charge in [0.25, 0.3) is 5.91 Å². The molecular formula is C19H24N2O4. The number of ether oxygens (including phenoxy) is 3. The fourth-order valence-electron chi connectivity index (χ4n) is 4.16. The van der Waals surface area contributed by atoms with Gasteiger partial charge in [0, 0.05) is 43.9 Å². The number of methoxy groups -OCH3 is 2. The molecule has 0 radical (unpaired) electrons. The summed E-state index contributed by atoms with van der Waals surface area (Å²) in [5.41, 5.74) is 1.39. The van der Waals surface area contributed by atoms with Gasteiger partial charge in [-0.3, -0.25) is 4.79 Å². The smallest absolute Gasteiger partial charge is 0.256 e. The Morgan fingerprint density at radius 2 is 2.24 bits per heavy atom. The molecule has 2 saturated heterocycles. The van der Waals surface area contributed by atoms with Gasteiger partial charge in [0.05, 0.1) is 18.3 Å². The fraction of sp³-hybridized carbons (Fsp3) is 0.526. The van der Waals surface area contributed by atoms with Crippen LogP contribution in [0.2, 0.25) is 0 Å². The van der Waals surface area contributed by atoms with E-state index in [-0.39, 0.29) is 17.6 Å². The van der Waals surface area contributed by atoms with Gasteiger partial charge in [0.1, 0.15) is 11.9 Å². The third kappa shape index (κ3) is 2.69. The van der Waals surface area contributed by atoms with Crippen molar-refractivity contribution in [2.45, 2.75) is 31.0 Å². The summed E-state index contributed by atoms with van der Waals surface area (Å²) in [4.78, 5) is 18.2. The number of likely N-dealkylation sites (tertiary alicyclic amines) is 1. The molecule has 1 amide bonds. The number of H-pyrrole nitrogens is 1. The topological polar surface area (TPSA) is 63.8 Å². The highest BCUT2D eigenvalue weighted by atomic mass is 16.5. The van der Waals surface area contributed by atoms with Gasteiger partial charge in [0.2, 0.25) is 0 Å². The minimum Gasteiger partial charge on any atom is -0.497 e. The number of carbonyl (C=O) groups excluding carboxylic acids is 1. The maximum atomic E-state index is 13.1. The van der Waals surface area contributed by atoms with Crippen molar-refractivity contribution in [3.63, 3.8) is 0 Å². The molecule has 2 aliphatic heterocycles. The fourth-order valence-corrected chi connectivity index (χ4v) is 4.16. The van der Waals surface area contributed by atoms with Crippen molar-refractivity contribution in [1.82, 2.24) is 9.88 Å². The highest BCUT2D eigenvalue weighted by molar-refractivity contribution is 6.07. The summed E-state index contributed by atoms with van der Waals surface area (Å²) in [6.07, 6.45) is 4.61. The normalized spacial score (nSPS) is 26.5. The molecule has 1 N–H and O–H groups in total. The van der Waals surface area contributed by atoms with Crippen LogP contribution < -0.4 is 4.74 Å². The summed E-state index contributed by atoms with van der Waals surface area (Å²) in [5, 5.41) is 0.885. The average molecular weight is 344 g/mol. The van der Waals surface area contributed by atoms with Gasteiger partial charge in [0.15, 0.2) is 0 Å². The van der Waals surface area contributed by atoms with Gasteiger partial charge >= 0.3 is 0 Å². The van der Waals surface area contributed by atoms with Gasteiger partial charge in [-0.05, 0) is 37.5 Å². The average Bonchev–Trinajstić information content (AvgIpc) is 3.28. The van der Waals surface area contributed by atoms with E-state index in [0.29, 0.717) is 18.7 Å². The molecule has 25 heavy (non-hydrogen) atoms. The van der Waals surface area contributed by atoms with Crippen molar-refractivity contribution in [2.24, 2.45) is 0 Å². The number of piperidine rings is 1. The predicted molar refractivity (Wildman–Crippen MR) is 94.1 cm³/mol. The first-order valence-corrected chi connectivity index (χ1v) is 8.78. The lowest BCUT2D eigenvalue weighted by Crippen LogP contribution is -2.57. The highest BCUT2D eigenvalue weighted by Crippen LogP contribution is 2.38. The number of carbonyl (C=O) groups is 1. The molecule has 4 rings (SSSR count). The molecule has 1 aromatic heterocycles. The maximum Gasteiger partial charge on any atom is 0.256 e. The van der Waals surface area contributed by atoms with Crippen LogP contribution in [0.5, 0.6) is 5.75 Å². The minimum atomic E-state index is -0.213. The van der Waals surface area contributed by atoms with E-state index in [1.807, 2.05) is 23.1 Å². The van der Waals surface area contributed by atoms with Gasteiger partial charge in [-0.25, -0.2) is 0 Å². The summed E-state index contributed by atoms with van der Waals surface area (Å²) in [6, 6.07) is 5.72. The molecule has 0 aliphatic carbocycles. The molecule has 1 spiro atoms. The second-order valence-corrected chi connectivity index (χ2v) is 6.86. The van der Waals surface area contributed by atoms with Gasteiger partial charge in [-0.1, -0.05) is 0 Å². The van der Waals surface area contributed by atoms with E-state index in [0.717, 1.165) is 42.5 Å². The Morgan fingerprint density at radius 3 is 2.96 bits per heavy atom. The van der Waals surface area contributed by atoms with Crippen molar-refractivity contribution < 1.29 is 19.0 Å². The predicted octanol–water partition coefficient (Wildman–Crippen LogP) is 2.59. The molecule has 2 aliphatic rings. The van der Waals surface area contributed by atoms with Crippen LogP contribution in [0, 0.1) is 0 Å². The molecule has 0 bridgehead atoms. The Balaban J connectivity index is 1.59. The lowest BCUT2D eigenvalue weighted by Gasteiger charge is -2.44. The SMILES string of the molecule is COc1ccc2[nH]cc(C(=O)N3CC[C@@]4(CCCO4)[C@@H](OC)C3)c2c1. The van der Waals surface area contributed by atoms with E-state index in [2.05, 4.69) is 4.98 Å². The highest BCUT2D eigenvalue weighted by Gasteiger charge is 2.47. The van der Waals surface area contributed by atoms with Gasteiger partial charge < -0.3 is 24.1 Å². The molecular weight excluding hydrogens is 320 g/mol. The Kier molecular flexibility index (Phi) is 4.17. The number of aromatic amines is 1. The Hall–Kier alpha value is -2.05. The molecule has 6 heteroatoms. The molecule has 1 aromatic carbocycles. The Labute approximate surface area is 147 Å². The van der Waals surface area contributed by atoms with E-state index >= 15 is 0 Å². The second kappa shape index (κ2) is 6.35. The van der Waals surface area contributed by atoms with E-state index in [1.165, 1.54) is 0 Å². The molecule has 2 aromatic rings. The second-order valence-electron chi connectivity index (χ2n) is 6.86. The number of fused-ring (bicyclic) bond motifs is 1. The van der Waals surface area contributed by atoms with Gasteiger partial charge in [-0.2, -0.15) is 0 Å². The van der Waals surface area contributed by atoms with Crippen LogP contribution >= 0.6 is 0 Å². The Bertz CT molecular complexity index is 779. The van der Waals surface area contributed by atoms with E-state index in [1.54, 1.807) is 20.4 Å². The number of benzene rings is 1. The number of rotatable bonds is 3. The van der Waals surface area contributed by atoms with Crippen molar-refractivity contribution >= 4 is 16.8 Å². The van der Waals surface area contributed by atoms with Crippen LogP contribution in [0.3, 0.4) is 0 Å². The van der Waals surface area contributed by atoms with E-state index in [4.69, 9.17) is 14.2 Å². The van der Waals surface area contributed by atoms with Gasteiger partial charge in [-0.15, -0.1) is 0 Å². The quantitative estimate of drug-likeness (QED) is 0.930. The van der Waals surface area contributed by atoms with Crippen molar-refractivity contribution in [3.8, 4) is 5.75 Å². The summed E-state index contributed by atoms with van der Waals surface area (Å²) >= 11 is 0. The van der Waals surface area contributed by atoms with Crippen molar-refractivity contribution in [3.05, 3.63) is 30.0 Å². The summed E-state index contributed by atoms with van der Waals surface area (Å²) in [5.74, 6) is 0.766. The number of nitrogens with one attached hydrogen (secondary N) is 1. The van der Waals surface area contributed by atoms with Crippen molar-refractivity contribution in [1.29, 1.82) is 0 Å². The van der Waals surface area contributed by atoms with Crippen molar-refractivity contribution in [2.75, 3.05) is 33.9 Å². The standard InChI is InChI=1S/C19H24N2O4/c1-23-13-4-5-16-14(10-13)15(11-20-16)18(22)21-8-7-19(6-3-9-25-19)17(12-21)24-2/h4-5,10-11,17,20H,3,6-9,12H2,1-2H3/t17-,19-/m0/s1. The minimum absolute atomic E-state index is 0.0226. The Morgan fingerprint density at radius 1 is 1.36 bits per heavy atom. The number of hydrogen-bond donors (Lipinski definition) is 1. The van der Waals surface area contributed by atoms with Crippen LogP contribution in [0.15, 0.2) is 24.4 Å². The molecule has 2 fully saturated rings. The third-order valence-corrected chi connectivity index (χ3v) is 5.60. The summed E-state index contributed by atoms with van der Waals surface area (Å²) in [7, 11) is 3.34. The first-order chi connectivity index (χ1) is 12.2. The molecule has 6 nitrogen and oxygen atoms in total. The molecule has 134 valence electrons. The zero-order valence-electron chi connectivity index (χ0n) is 14.7. The molecule has 0 saturated carbocycles. The van der Waals surface area contributed by atoms with Crippen LogP contribution in [0.1, 0.15) is 29.6 Å². The summed E-state index contributed by atoms with van der Waals surface area (Å²) < 4.78 is 17.0. The first-order valence-electron chi connectivity index (χ1n) is 8.78. The lowest BCUT2D eigenvalue weighted by atomic mass is 9.85. The van der Waals surface area contributed by atoms with Crippen LogP contribution in [0.25, 0.3) is 10.9 Å². The first kappa shape index (κ1) is 16.4. The monoisotopic (exact) mass is 344 g/mol. The number of aromatic nitrogens is 1. The number of hydrogen-bond acceptors (Lipinski definition) is 4. The zero-order valence-corrected chi connectivity index (χ0v) is 14.7. The van der Waals surface area contributed by atoms with E-state index < -0.39 is 0 Å². The molecule has 3 heterocycles. The van der Waals surface area contributed by atoms with E-state index in [9.17, 15) is 4.79 Å². The lowest BCUT2D eigenvalue weighted by molar-refractivity contribution is -0.136. The largest absolute Gasteiger partial charge is 0.497 e. The summed E-state index contributed by atoms with van der Waals surface area (Å²) in [6.45, 7) is 2.04. The third-order valence-electron chi connectivity index (χ3n) is 5.60. The molecule has 2 atom stereocenters. The van der Waals surface area contributed by atoms with Crippen LogP contribution in [0.4, 0.5) is 0 Å². The van der Waals surface area contributed by atoms with Crippen LogP contribution in [-0.4, -0.2) is 61.4 Å². The van der Waals surface area contributed by atoms with Crippen LogP contribution in [-0.2, 0) is 9.47 Å². The number of nitrogens with zero attached hydrogens (tertiary/aromatic N) is 1. The maximum absolute atomic E-state index is 13.1. The molecule has 0 unspecified atom stereocenters. The zero-order chi connectivity index (χ0) is 17.4.